The lowest BCUT2D eigenvalue weighted by Crippen LogP contribution is -2.37. The molecule has 5 nitrogen and oxygen atoms in total. The number of fused-ring (bicyclic) bond motifs is 2. The topological polar surface area (TPSA) is 51.0 Å². The predicted octanol–water partition coefficient (Wildman–Crippen LogP) is 6.08. The van der Waals surface area contributed by atoms with Gasteiger partial charge in [-0.25, -0.2) is 4.98 Å². The Balaban J connectivity index is 1.18. The number of hydrogen-bond acceptors (Lipinski definition) is 5. The number of likely N-dealkylation sites (tertiary alicyclic amines) is 1. The Morgan fingerprint density at radius 3 is 2.58 bits per heavy atom. The van der Waals surface area contributed by atoms with Crippen LogP contribution in [0.4, 0.5) is 0 Å². The van der Waals surface area contributed by atoms with Gasteiger partial charge in [0.05, 0.1) is 32.3 Å². The Morgan fingerprint density at radius 1 is 1.03 bits per heavy atom. The highest BCUT2D eigenvalue weighted by atomic mass is 32.1. The molecule has 1 amide bonds. The summed E-state index contributed by atoms with van der Waals surface area (Å²) in [6, 6.07) is 20.7. The van der Waals surface area contributed by atoms with E-state index < -0.39 is 0 Å². The minimum Gasteiger partial charge on any atom is -0.338 e. The maximum atomic E-state index is 13.3. The molecule has 0 spiro atoms. The smallest absolute Gasteiger partial charge is 0.264 e. The highest BCUT2D eigenvalue weighted by molar-refractivity contribution is 7.20. The Morgan fingerprint density at radius 2 is 1.79 bits per heavy atom. The highest BCUT2D eigenvalue weighted by Crippen LogP contribution is 2.35. The lowest BCUT2D eigenvalue weighted by atomic mass is 9.97. The fraction of sp³-hybridized carbons (Fsp3) is 0.269. The molecule has 166 valence electrons. The summed E-state index contributed by atoms with van der Waals surface area (Å²) in [4.78, 5) is 22.1. The number of nitrogens with zero attached hydrogens (tertiary/aromatic N) is 4. The van der Waals surface area contributed by atoms with Gasteiger partial charge in [-0.2, -0.15) is 5.10 Å². The molecule has 1 fully saturated rings. The molecule has 0 bridgehead atoms. The number of para-hydroxylation sites is 1. The van der Waals surface area contributed by atoms with Gasteiger partial charge in [-0.05, 0) is 43.5 Å². The van der Waals surface area contributed by atoms with Crippen molar-refractivity contribution in [1.29, 1.82) is 0 Å². The number of benzene rings is 2. The molecular weight excluding hydrogens is 448 g/mol. The third-order valence-electron chi connectivity index (χ3n) is 6.44. The number of carbonyl (C=O) groups is 1. The molecule has 3 aromatic heterocycles. The van der Waals surface area contributed by atoms with Gasteiger partial charge >= 0.3 is 0 Å². The summed E-state index contributed by atoms with van der Waals surface area (Å²) in [6.07, 6.45) is 1.94. The summed E-state index contributed by atoms with van der Waals surface area (Å²) in [5.74, 6) is 0.583. The Labute approximate surface area is 200 Å². The van der Waals surface area contributed by atoms with Gasteiger partial charge in [0.25, 0.3) is 5.91 Å². The number of piperidine rings is 1. The van der Waals surface area contributed by atoms with Crippen LogP contribution >= 0.6 is 22.7 Å². The Hall–Kier alpha value is -3.03. The van der Waals surface area contributed by atoms with E-state index in [0.29, 0.717) is 12.5 Å². The first-order chi connectivity index (χ1) is 16.2. The number of carbonyl (C=O) groups excluding carboxylic acids is 1. The number of aromatic nitrogens is 3. The summed E-state index contributed by atoms with van der Waals surface area (Å²) in [6.45, 7) is 4.30. The van der Waals surface area contributed by atoms with Gasteiger partial charge in [0.15, 0.2) is 0 Å². The molecule has 1 saturated heterocycles. The number of thiazole rings is 1. The number of aryl methyl sites for hydroxylation is 1. The van der Waals surface area contributed by atoms with Crippen molar-refractivity contribution in [3.8, 4) is 0 Å². The van der Waals surface area contributed by atoms with Crippen LogP contribution in [0.2, 0.25) is 0 Å². The lowest BCUT2D eigenvalue weighted by Gasteiger charge is -2.30. The highest BCUT2D eigenvalue weighted by Gasteiger charge is 2.28. The molecule has 4 heterocycles. The molecule has 1 aliphatic rings. The zero-order valence-corrected chi connectivity index (χ0v) is 20.0. The van der Waals surface area contributed by atoms with Crippen molar-refractivity contribution in [2.45, 2.75) is 32.2 Å². The molecule has 0 radical (unpaired) electrons. The minimum atomic E-state index is 0.143. The van der Waals surface area contributed by atoms with Crippen molar-refractivity contribution >= 4 is 49.0 Å². The number of thiophene rings is 1. The minimum absolute atomic E-state index is 0.143. The number of hydrogen-bond donors (Lipinski definition) is 0. The van der Waals surface area contributed by atoms with Crippen LogP contribution in [0.25, 0.3) is 20.4 Å². The summed E-state index contributed by atoms with van der Waals surface area (Å²) in [5, 5.41) is 7.01. The largest absolute Gasteiger partial charge is 0.338 e. The Bertz CT molecular complexity index is 1410. The van der Waals surface area contributed by atoms with Crippen molar-refractivity contribution in [2.75, 3.05) is 13.1 Å². The summed E-state index contributed by atoms with van der Waals surface area (Å²) in [5.41, 5.74) is 3.27. The normalized spacial score (nSPS) is 15.0. The van der Waals surface area contributed by atoms with Crippen LogP contribution in [-0.2, 0) is 6.54 Å². The molecule has 2 aromatic carbocycles. The molecule has 0 N–H and O–H groups in total. The predicted molar refractivity (Wildman–Crippen MR) is 135 cm³/mol. The van der Waals surface area contributed by atoms with Gasteiger partial charge in [-0.15, -0.1) is 22.7 Å². The lowest BCUT2D eigenvalue weighted by molar-refractivity contribution is 0.0718. The van der Waals surface area contributed by atoms with Crippen LogP contribution < -0.4 is 0 Å². The van der Waals surface area contributed by atoms with E-state index in [0.717, 1.165) is 52.2 Å². The second-order valence-corrected chi connectivity index (χ2v) is 10.7. The van der Waals surface area contributed by atoms with E-state index >= 15 is 0 Å². The van der Waals surface area contributed by atoms with E-state index in [1.54, 1.807) is 22.7 Å². The van der Waals surface area contributed by atoms with Crippen LogP contribution in [-0.4, -0.2) is 38.7 Å². The molecule has 0 unspecified atom stereocenters. The number of rotatable bonds is 4. The first kappa shape index (κ1) is 20.6. The zero-order chi connectivity index (χ0) is 22.4. The van der Waals surface area contributed by atoms with Crippen molar-refractivity contribution in [3.63, 3.8) is 0 Å². The van der Waals surface area contributed by atoms with E-state index in [1.807, 2.05) is 46.8 Å². The van der Waals surface area contributed by atoms with Crippen molar-refractivity contribution < 1.29 is 4.79 Å². The second-order valence-electron chi connectivity index (χ2n) is 8.64. The van der Waals surface area contributed by atoms with Crippen molar-refractivity contribution in [3.05, 3.63) is 81.8 Å². The third-order valence-corrected chi connectivity index (χ3v) is 8.77. The Kier molecular flexibility index (Phi) is 5.23. The first-order valence-corrected chi connectivity index (χ1v) is 12.9. The van der Waals surface area contributed by atoms with E-state index in [4.69, 9.17) is 10.1 Å². The number of amides is 1. The van der Waals surface area contributed by atoms with Crippen LogP contribution in [0, 0.1) is 6.92 Å². The molecule has 5 aromatic rings. The summed E-state index contributed by atoms with van der Waals surface area (Å²) < 4.78 is 3.28. The van der Waals surface area contributed by atoms with Crippen molar-refractivity contribution in [2.24, 2.45) is 0 Å². The fourth-order valence-electron chi connectivity index (χ4n) is 4.63. The molecule has 1 aliphatic heterocycles. The van der Waals surface area contributed by atoms with Gasteiger partial charge in [0.2, 0.25) is 0 Å². The van der Waals surface area contributed by atoms with Crippen molar-refractivity contribution in [1.82, 2.24) is 19.7 Å². The van der Waals surface area contributed by atoms with Crippen LogP contribution in [0.5, 0.6) is 0 Å². The fourth-order valence-corrected chi connectivity index (χ4v) is 6.90. The first-order valence-electron chi connectivity index (χ1n) is 11.3. The molecular formula is C26H24N4OS2. The summed E-state index contributed by atoms with van der Waals surface area (Å²) >= 11 is 3.36. The monoisotopic (exact) mass is 472 g/mol. The van der Waals surface area contributed by atoms with Gasteiger partial charge in [0, 0.05) is 24.4 Å². The summed E-state index contributed by atoms with van der Waals surface area (Å²) in [7, 11) is 0. The van der Waals surface area contributed by atoms with E-state index in [2.05, 4.69) is 30.3 Å². The van der Waals surface area contributed by atoms with E-state index in [9.17, 15) is 4.79 Å². The zero-order valence-electron chi connectivity index (χ0n) is 18.4. The molecule has 33 heavy (non-hydrogen) atoms. The van der Waals surface area contributed by atoms with Gasteiger partial charge in [-0.3, -0.25) is 9.48 Å². The quantitative estimate of drug-likeness (QED) is 0.318. The molecule has 0 saturated carbocycles. The standard InChI is InChI=1S/C26H24N4OS2/c1-17-20-15-23(33-26(20)30(28-17)16-18-7-3-2-4-8-18)25(31)29-13-11-19(12-14-29)24-27-21-9-5-6-10-22(21)32-24/h2-10,15,19H,11-14,16H2,1H3. The van der Waals surface area contributed by atoms with E-state index in [1.165, 1.54) is 15.3 Å². The maximum Gasteiger partial charge on any atom is 0.264 e. The molecule has 6 rings (SSSR count). The van der Waals surface area contributed by atoms with Crippen LogP contribution in [0.1, 0.15) is 44.7 Å². The van der Waals surface area contributed by atoms with Gasteiger partial charge < -0.3 is 4.90 Å². The van der Waals surface area contributed by atoms with Crippen LogP contribution in [0.15, 0.2) is 60.7 Å². The van der Waals surface area contributed by atoms with E-state index in [-0.39, 0.29) is 5.91 Å². The molecule has 7 heteroatoms. The van der Waals surface area contributed by atoms with Gasteiger partial charge in [0.1, 0.15) is 4.83 Å². The van der Waals surface area contributed by atoms with Crippen LogP contribution in [0.3, 0.4) is 0 Å². The maximum absolute atomic E-state index is 13.3. The average Bonchev–Trinajstić information content (AvgIpc) is 3.55. The molecule has 0 atom stereocenters. The SMILES string of the molecule is Cc1nn(Cc2ccccc2)c2sc(C(=O)N3CCC(c4nc5ccccc5s4)CC3)cc12. The molecule has 0 aliphatic carbocycles. The average molecular weight is 473 g/mol. The third kappa shape index (κ3) is 3.85. The second kappa shape index (κ2) is 8.39. The van der Waals surface area contributed by atoms with Gasteiger partial charge in [-0.1, -0.05) is 42.5 Å².